The van der Waals surface area contributed by atoms with Crippen LogP contribution >= 0.6 is 0 Å². The summed E-state index contributed by atoms with van der Waals surface area (Å²) in [5, 5.41) is 3.61. The molecule has 2 nitrogen and oxygen atoms in total. The van der Waals surface area contributed by atoms with Crippen LogP contribution in [-0.2, 0) is 11.2 Å². The van der Waals surface area contributed by atoms with Crippen molar-refractivity contribution in [2.75, 3.05) is 6.61 Å². The predicted octanol–water partition coefficient (Wildman–Crippen LogP) is 6.66. The van der Waals surface area contributed by atoms with Crippen molar-refractivity contribution in [1.29, 1.82) is 0 Å². The van der Waals surface area contributed by atoms with Crippen LogP contribution in [0.2, 0.25) is 0 Å². The van der Waals surface area contributed by atoms with Crippen molar-refractivity contribution >= 4 is 0 Å². The van der Waals surface area contributed by atoms with Gasteiger partial charge in [-0.05, 0) is 49.3 Å². The molecule has 0 saturated heterocycles. The molecule has 1 atom stereocenters. The summed E-state index contributed by atoms with van der Waals surface area (Å²) in [4.78, 5) is 0. The number of benzene rings is 2. The van der Waals surface area contributed by atoms with E-state index in [1.165, 1.54) is 16.7 Å². The van der Waals surface area contributed by atoms with E-state index in [0.29, 0.717) is 12.6 Å². The van der Waals surface area contributed by atoms with E-state index in [1.807, 2.05) is 19.1 Å². The molecule has 1 N–H and O–H groups in total. The minimum Gasteiger partial charge on any atom is -0.499 e. The van der Waals surface area contributed by atoms with Crippen LogP contribution in [0.4, 0.5) is 0 Å². The molecule has 28 heavy (non-hydrogen) atoms. The van der Waals surface area contributed by atoms with Crippen LogP contribution in [0.5, 0.6) is 0 Å². The van der Waals surface area contributed by atoms with Gasteiger partial charge >= 0.3 is 0 Å². The van der Waals surface area contributed by atoms with Gasteiger partial charge in [0.2, 0.25) is 0 Å². The second kappa shape index (κ2) is 11.9. The van der Waals surface area contributed by atoms with Gasteiger partial charge in [0.15, 0.2) is 0 Å². The molecular weight excluding hydrogens is 342 g/mol. The third kappa shape index (κ3) is 7.48. The van der Waals surface area contributed by atoms with E-state index in [9.17, 15) is 0 Å². The van der Waals surface area contributed by atoms with Crippen LogP contribution in [-0.4, -0.2) is 12.6 Å². The Morgan fingerprint density at radius 2 is 1.68 bits per heavy atom. The van der Waals surface area contributed by atoms with Crippen LogP contribution in [0.25, 0.3) is 11.1 Å². The van der Waals surface area contributed by atoms with E-state index >= 15 is 0 Å². The highest BCUT2D eigenvalue weighted by Gasteiger charge is 2.12. The molecule has 0 aliphatic heterocycles. The first-order valence-corrected chi connectivity index (χ1v) is 10.1. The average molecular weight is 376 g/mol. The fourth-order valence-electron chi connectivity index (χ4n) is 3.22. The Labute approximate surface area is 170 Å². The number of allylic oxidation sites excluding steroid dienone is 3. The lowest BCUT2D eigenvalue weighted by atomic mass is 9.98. The lowest BCUT2D eigenvalue weighted by Crippen LogP contribution is -2.30. The number of hydrogen-bond donors (Lipinski definition) is 1. The SMILES string of the molecule is C=CCCC(=C)NC(CCC(=C)OCC)Cc1ccc(-c2ccccc2)cc1. The molecular formula is C26H33NO. The summed E-state index contributed by atoms with van der Waals surface area (Å²) in [6.45, 7) is 14.6. The zero-order valence-corrected chi connectivity index (χ0v) is 17.1. The van der Waals surface area contributed by atoms with Gasteiger partial charge in [-0.25, -0.2) is 0 Å². The second-order valence-corrected chi connectivity index (χ2v) is 7.05. The van der Waals surface area contributed by atoms with E-state index in [2.05, 4.69) is 73.6 Å². The van der Waals surface area contributed by atoms with Crippen molar-refractivity contribution in [2.24, 2.45) is 0 Å². The van der Waals surface area contributed by atoms with Gasteiger partial charge in [-0.15, -0.1) is 6.58 Å². The van der Waals surface area contributed by atoms with Crippen LogP contribution in [0, 0.1) is 0 Å². The fraction of sp³-hybridized carbons (Fsp3) is 0.308. The van der Waals surface area contributed by atoms with Gasteiger partial charge in [-0.1, -0.05) is 73.8 Å². The van der Waals surface area contributed by atoms with Crippen LogP contribution in [0.15, 0.2) is 91.9 Å². The minimum absolute atomic E-state index is 0.303. The number of rotatable bonds is 13. The zero-order valence-electron chi connectivity index (χ0n) is 17.1. The topological polar surface area (TPSA) is 21.3 Å². The molecule has 0 fully saturated rings. The molecule has 0 aliphatic carbocycles. The smallest absolute Gasteiger partial charge is 0.0888 e. The normalized spacial score (nSPS) is 11.5. The zero-order chi connectivity index (χ0) is 20.2. The highest BCUT2D eigenvalue weighted by atomic mass is 16.5. The monoisotopic (exact) mass is 375 g/mol. The second-order valence-electron chi connectivity index (χ2n) is 7.05. The average Bonchev–Trinajstić information content (AvgIpc) is 2.72. The molecule has 2 heteroatoms. The number of hydrogen-bond acceptors (Lipinski definition) is 2. The summed E-state index contributed by atoms with van der Waals surface area (Å²) in [5.41, 5.74) is 4.87. The lowest BCUT2D eigenvalue weighted by molar-refractivity contribution is 0.216. The Hall–Kier alpha value is -2.74. The standard InChI is InChI=1S/C26H33NO/c1-5-7-11-21(3)27-26(19-14-22(4)28-6-2)20-23-15-17-25(18-16-23)24-12-9-8-10-13-24/h5,8-10,12-13,15-18,26-27H,1,3-4,6-7,11,14,19-20H2,2H3. The molecule has 1 unspecified atom stereocenters. The molecule has 0 heterocycles. The third-order valence-electron chi connectivity index (χ3n) is 4.72. The van der Waals surface area contributed by atoms with Gasteiger partial charge in [0.25, 0.3) is 0 Å². The maximum absolute atomic E-state index is 5.52. The van der Waals surface area contributed by atoms with E-state index in [1.54, 1.807) is 0 Å². The first kappa shape index (κ1) is 21.6. The van der Waals surface area contributed by atoms with Crippen molar-refractivity contribution in [2.45, 2.75) is 45.1 Å². The predicted molar refractivity (Wildman–Crippen MR) is 121 cm³/mol. The Morgan fingerprint density at radius 1 is 1.00 bits per heavy atom. The maximum atomic E-state index is 5.52. The molecule has 0 aliphatic rings. The molecule has 2 aromatic carbocycles. The molecule has 0 aromatic heterocycles. The first-order valence-electron chi connectivity index (χ1n) is 10.1. The molecule has 148 valence electrons. The van der Waals surface area contributed by atoms with Crippen molar-refractivity contribution in [1.82, 2.24) is 5.32 Å². The molecule has 0 spiro atoms. The third-order valence-corrected chi connectivity index (χ3v) is 4.72. The van der Waals surface area contributed by atoms with Gasteiger partial charge in [0, 0.05) is 18.2 Å². The van der Waals surface area contributed by atoms with Crippen molar-refractivity contribution in [3.8, 4) is 11.1 Å². The van der Waals surface area contributed by atoms with Gasteiger partial charge in [0.1, 0.15) is 0 Å². The summed E-state index contributed by atoms with van der Waals surface area (Å²) in [7, 11) is 0. The Balaban J connectivity index is 2.01. The van der Waals surface area contributed by atoms with Crippen LogP contribution in [0.1, 0.15) is 38.2 Å². The van der Waals surface area contributed by atoms with Gasteiger partial charge in [-0.3, -0.25) is 0 Å². The Morgan fingerprint density at radius 3 is 2.32 bits per heavy atom. The molecule has 2 rings (SSSR count). The summed E-state index contributed by atoms with van der Waals surface area (Å²) in [5.74, 6) is 0.852. The first-order chi connectivity index (χ1) is 13.6. The van der Waals surface area contributed by atoms with Gasteiger partial charge < -0.3 is 10.1 Å². The minimum atomic E-state index is 0.303. The van der Waals surface area contributed by atoms with E-state index in [4.69, 9.17) is 4.74 Å². The van der Waals surface area contributed by atoms with Crippen molar-refractivity contribution in [3.63, 3.8) is 0 Å². The maximum Gasteiger partial charge on any atom is 0.0888 e. The molecule has 0 radical (unpaired) electrons. The van der Waals surface area contributed by atoms with Crippen LogP contribution < -0.4 is 5.32 Å². The number of ether oxygens (including phenoxy) is 1. The van der Waals surface area contributed by atoms with E-state index in [0.717, 1.165) is 43.6 Å². The molecule has 0 saturated carbocycles. The summed E-state index contributed by atoms with van der Waals surface area (Å²) >= 11 is 0. The summed E-state index contributed by atoms with van der Waals surface area (Å²) in [6, 6.07) is 19.6. The highest BCUT2D eigenvalue weighted by molar-refractivity contribution is 5.63. The summed E-state index contributed by atoms with van der Waals surface area (Å²) in [6.07, 6.45) is 6.55. The van der Waals surface area contributed by atoms with Crippen molar-refractivity contribution in [3.05, 3.63) is 97.4 Å². The van der Waals surface area contributed by atoms with Crippen molar-refractivity contribution < 1.29 is 4.74 Å². The molecule has 0 amide bonds. The lowest BCUT2D eigenvalue weighted by Gasteiger charge is -2.22. The highest BCUT2D eigenvalue weighted by Crippen LogP contribution is 2.21. The number of nitrogens with one attached hydrogen (secondary N) is 1. The van der Waals surface area contributed by atoms with Gasteiger partial charge in [0.05, 0.1) is 12.4 Å². The summed E-state index contributed by atoms with van der Waals surface area (Å²) < 4.78 is 5.52. The van der Waals surface area contributed by atoms with Gasteiger partial charge in [-0.2, -0.15) is 0 Å². The van der Waals surface area contributed by atoms with Crippen LogP contribution in [0.3, 0.4) is 0 Å². The van der Waals surface area contributed by atoms with E-state index in [-0.39, 0.29) is 0 Å². The fourth-order valence-corrected chi connectivity index (χ4v) is 3.22. The van der Waals surface area contributed by atoms with E-state index < -0.39 is 0 Å². The molecule has 0 bridgehead atoms. The largest absolute Gasteiger partial charge is 0.499 e. The Bertz CT molecular complexity index is 746. The Kier molecular flexibility index (Phi) is 9.14. The quantitative estimate of drug-likeness (QED) is 0.312. The molecule has 2 aromatic rings.